The van der Waals surface area contributed by atoms with Crippen molar-refractivity contribution in [2.24, 2.45) is 5.84 Å². The van der Waals surface area contributed by atoms with Crippen LogP contribution in [0.1, 0.15) is 18.7 Å². The molecule has 19 heavy (non-hydrogen) atoms. The largest absolute Gasteiger partial charge is 0.493 e. The standard InChI is InChI=1S/C12H25N5O2/c1-5-19-9-10(15-13)12-11(18-4)8-14-17(12)7-6-16(2)3/h8,10,15H,5-7,9,13H2,1-4H3. The number of nitrogens with one attached hydrogen (secondary N) is 1. The van der Waals surface area contributed by atoms with Gasteiger partial charge in [0.1, 0.15) is 5.69 Å². The molecule has 0 saturated heterocycles. The summed E-state index contributed by atoms with van der Waals surface area (Å²) in [4.78, 5) is 2.10. The van der Waals surface area contributed by atoms with Gasteiger partial charge in [-0.3, -0.25) is 10.5 Å². The maximum atomic E-state index is 5.62. The Morgan fingerprint density at radius 3 is 2.79 bits per heavy atom. The smallest absolute Gasteiger partial charge is 0.161 e. The van der Waals surface area contributed by atoms with Crippen LogP contribution in [0.3, 0.4) is 0 Å². The number of methoxy groups -OCH3 is 1. The van der Waals surface area contributed by atoms with Gasteiger partial charge >= 0.3 is 0 Å². The second-order valence-corrected chi connectivity index (χ2v) is 4.50. The first-order valence-corrected chi connectivity index (χ1v) is 6.42. The molecule has 3 N–H and O–H groups in total. The number of hydrogen-bond donors (Lipinski definition) is 2. The van der Waals surface area contributed by atoms with Crippen molar-refractivity contribution >= 4 is 0 Å². The van der Waals surface area contributed by atoms with E-state index in [1.165, 1.54) is 0 Å². The van der Waals surface area contributed by atoms with Crippen molar-refractivity contribution in [1.29, 1.82) is 0 Å². The third-order valence-corrected chi connectivity index (χ3v) is 2.84. The number of nitrogens with two attached hydrogens (primary N) is 1. The lowest BCUT2D eigenvalue weighted by Gasteiger charge is -2.19. The Morgan fingerprint density at radius 2 is 2.26 bits per heavy atom. The second-order valence-electron chi connectivity index (χ2n) is 4.50. The molecule has 110 valence electrons. The Morgan fingerprint density at radius 1 is 1.53 bits per heavy atom. The van der Waals surface area contributed by atoms with Gasteiger partial charge in [0, 0.05) is 13.2 Å². The zero-order chi connectivity index (χ0) is 14.3. The van der Waals surface area contributed by atoms with Crippen LogP contribution in [-0.2, 0) is 11.3 Å². The van der Waals surface area contributed by atoms with Gasteiger partial charge in [0.25, 0.3) is 0 Å². The summed E-state index contributed by atoms with van der Waals surface area (Å²) in [6, 6.07) is -0.139. The fourth-order valence-electron chi connectivity index (χ4n) is 1.80. The van der Waals surface area contributed by atoms with Gasteiger partial charge in [0.2, 0.25) is 0 Å². The average molecular weight is 271 g/mol. The number of hydrogen-bond acceptors (Lipinski definition) is 6. The van der Waals surface area contributed by atoms with E-state index in [-0.39, 0.29) is 6.04 Å². The highest BCUT2D eigenvalue weighted by Gasteiger charge is 2.21. The molecule has 1 aromatic heterocycles. The molecular formula is C12H25N5O2. The van der Waals surface area contributed by atoms with Crippen molar-refractivity contribution in [1.82, 2.24) is 20.1 Å². The fourth-order valence-corrected chi connectivity index (χ4v) is 1.80. The van der Waals surface area contributed by atoms with Gasteiger partial charge in [-0.25, -0.2) is 5.43 Å². The lowest BCUT2D eigenvalue weighted by atomic mass is 10.2. The molecule has 0 amide bonds. The van der Waals surface area contributed by atoms with Crippen molar-refractivity contribution in [3.05, 3.63) is 11.9 Å². The van der Waals surface area contributed by atoms with Crippen LogP contribution >= 0.6 is 0 Å². The molecule has 1 unspecified atom stereocenters. The summed E-state index contributed by atoms with van der Waals surface area (Å²) in [5.41, 5.74) is 3.68. The number of nitrogens with zero attached hydrogens (tertiary/aromatic N) is 3. The van der Waals surface area contributed by atoms with Crippen LogP contribution in [0.5, 0.6) is 5.75 Å². The first-order valence-electron chi connectivity index (χ1n) is 6.42. The van der Waals surface area contributed by atoms with Crippen molar-refractivity contribution in [2.75, 3.05) is 41.0 Å². The van der Waals surface area contributed by atoms with Gasteiger partial charge in [-0.15, -0.1) is 0 Å². The maximum absolute atomic E-state index is 5.62. The predicted molar refractivity (Wildman–Crippen MR) is 73.9 cm³/mol. The van der Waals surface area contributed by atoms with Crippen LogP contribution in [0.15, 0.2) is 6.20 Å². The molecule has 1 aromatic rings. The van der Waals surface area contributed by atoms with E-state index in [1.54, 1.807) is 13.3 Å². The minimum absolute atomic E-state index is 0.139. The molecular weight excluding hydrogens is 246 g/mol. The molecule has 0 fully saturated rings. The molecule has 0 aliphatic rings. The summed E-state index contributed by atoms with van der Waals surface area (Å²) < 4.78 is 12.7. The van der Waals surface area contributed by atoms with Crippen molar-refractivity contribution < 1.29 is 9.47 Å². The fraction of sp³-hybridized carbons (Fsp3) is 0.750. The minimum Gasteiger partial charge on any atom is -0.493 e. The molecule has 1 atom stereocenters. The molecule has 0 aliphatic carbocycles. The molecule has 0 aliphatic heterocycles. The molecule has 0 bridgehead atoms. The first kappa shape index (κ1) is 15.9. The third-order valence-electron chi connectivity index (χ3n) is 2.84. The van der Waals surface area contributed by atoms with Crippen LogP contribution in [0, 0.1) is 0 Å². The normalized spacial score (nSPS) is 12.9. The highest BCUT2D eigenvalue weighted by atomic mass is 16.5. The van der Waals surface area contributed by atoms with Crippen LogP contribution < -0.4 is 16.0 Å². The zero-order valence-electron chi connectivity index (χ0n) is 12.2. The Bertz CT molecular complexity index is 367. The SMILES string of the molecule is CCOCC(NN)c1c(OC)cnn1CCN(C)C. The lowest BCUT2D eigenvalue weighted by Crippen LogP contribution is -2.34. The van der Waals surface area contributed by atoms with Crippen LogP contribution in [0.25, 0.3) is 0 Å². The highest BCUT2D eigenvalue weighted by molar-refractivity contribution is 5.28. The Hall–Kier alpha value is -1.15. The third kappa shape index (κ3) is 4.46. The molecule has 0 aromatic carbocycles. The molecule has 7 nitrogen and oxygen atoms in total. The molecule has 1 rings (SSSR count). The monoisotopic (exact) mass is 271 g/mol. The van der Waals surface area contributed by atoms with E-state index in [2.05, 4.69) is 15.4 Å². The lowest BCUT2D eigenvalue weighted by molar-refractivity contribution is 0.119. The van der Waals surface area contributed by atoms with E-state index >= 15 is 0 Å². The van der Waals surface area contributed by atoms with Gasteiger partial charge in [-0.05, 0) is 21.0 Å². The predicted octanol–water partition coefficient (Wildman–Crippen LogP) is -0.00580. The molecule has 0 radical (unpaired) electrons. The van der Waals surface area contributed by atoms with E-state index in [0.29, 0.717) is 13.2 Å². The molecule has 0 saturated carbocycles. The Labute approximate surface area is 114 Å². The molecule has 1 heterocycles. The van der Waals surface area contributed by atoms with Crippen LogP contribution in [0.4, 0.5) is 0 Å². The van der Waals surface area contributed by atoms with Crippen LogP contribution in [0.2, 0.25) is 0 Å². The van der Waals surface area contributed by atoms with Gasteiger partial charge in [-0.1, -0.05) is 0 Å². The van der Waals surface area contributed by atoms with E-state index < -0.39 is 0 Å². The minimum atomic E-state index is -0.139. The number of rotatable bonds is 9. The van der Waals surface area contributed by atoms with Gasteiger partial charge < -0.3 is 14.4 Å². The molecule has 0 spiro atoms. The van der Waals surface area contributed by atoms with Gasteiger partial charge in [0.05, 0.1) is 32.5 Å². The topological polar surface area (TPSA) is 77.6 Å². The average Bonchev–Trinajstić information content (AvgIpc) is 2.80. The summed E-state index contributed by atoms with van der Waals surface area (Å²) in [5.74, 6) is 6.34. The van der Waals surface area contributed by atoms with E-state index in [1.807, 2.05) is 25.7 Å². The first-order chi connectivity index (χ1) is 9.13. The number of ether oxygens (including phenoxy) is 2. The summed E-state index contributed by atoms with van der Waals surface area (Å²) in [6.45, 7) is 4.75. The van der Waals surface area contributed by atoms with Crippen molar-refractivity contribution in [2.45, 2.75) is 19.5 Å². The summed E-state index contributed by atoms with van der Waals surface area (Å²) in [7, 11) is 5.68. The van der Waals surface area contributed by atoms with Crippen molar-refractivity contribution in [3.8, 4) is 5.75 Å². The number of aromatic nitrogens is 2. The van der Waals surface area contributed by atoms with Crippen molar-refractivity contribution in [3.63, 3.8) is 0 Å². The summed E-state index contributed by atoms with van der Waals surface area (Å²) >= 11 is 0. The van der Waals surface area contributed by atoms with E-state index in [0.717, 1.165) is 24.5 Å². The quantitative estimate of drug-likeness (QED) is 0.486. The highest BCUT2D eigenvalue weighted by Crippen LogP contribution is 2.24. The summed E-state index contributed by atoms with van der Waals surface area (Å²) in [5, 5.41) is 4.35. The number of likely N-dealkylation sites (N-methyl/N-ethyl adjacent to an activating group) is 1. The van der Waals surface area contributed by atoms with Gasteiger partial charge in [-0.2, -0.15) is 5.10 Å². The van der Waals surface area contributed by atoms with E-state index in [9.17, 15) is 0 Å². The van der Waals surface area contributed by atoms with Crippen LogP contribution in [-0.4, -0.2) is 55.6 Å². The second kappa shape index (κ2) is 8.11. The summed E-state index contributed by atoms with van der Waals surface area (Å²) in [6.07, 6.45) is 1.71. The van der Waals surface area contributed by atoms with E-state index in [4.69, 9.17) is 15.3 Å². The zero-order valence-corrected chi connectivity index (χ0v) is 12.2. The Balaban J connectivity index is 2.89. The maximum Gasteiger partial charge on any atom is 0.161 e. The Kier molecular flexibility index (Phi) is 6.79. The van der Waals surface area contributed by atoms with Gasteiger partial charge in [0.15, 0.2) is 5.75 Å². The molecule has 7 heteroatoms. The number of hydrazine groups is 1.